The highest BCUT2D eigenvalue weighted by atomic mass is 35.5. The third-order valence-electron chi connectivity index (χ3n) is 3.44. The lowest BCUT2D eigenvalue weighted by atomic mass is 10.1. The van der Waals surface area contributed by atoms with Crippen molar-refractivity contribution in [2.45, 2.75) is 32.4 Å². The smallest absolute Gasteiger partial charge is 0.289 e. The van der Waals surface area contributed by atoms with Crippen LogP contribution in [0.1, 0.15) is 25.5 Å². The number of hydrazine groups is 1. The molecule has 0 saturated carbocycles. The summed E-state index contributed by atoms with van der Waals surface area (Å²) in [5, 5.41) is 7.07. The lowest BCUT2D eigenvalue weighted by Gasteiger charge is -2.12. The monoisotopic (exact) mass is 350 g/mol. The molecule has 1 unspecified atom stereocenters. The fraction of sp³-hybridized carbons (Fsp3) is 0.312. The van der Waals surface area contributed by atoms with Crippen molar-refractivity contribution in [2.24, 2.45) is 5.84 Å². The Morgan fingerprint density at radius 3 is 2.67 bits per heavy atom. The Balaban J connectivity index is 1.94. The quantitative estimate of drug-likeness (QED) is 0.380. The van der Waals surface area contributed by atoms with E-state index in [0.717, 1.165) is 12.0 Å². The summed E-state index contributed by atoms with van der Waals surface area (Å²) in [6.45, 7) is 1.97. The maximum absolute atomic E-state index is 11.9. The van der Waals surface area contributed by atoms with Crippen LogP contribution in [-0.4, -0.2) is 22.9 Å². The number of hydrogen-bond donors (Lipinski definition) is 3. The van der Waals surface area contributed by atoms with E-state index < -0.39 is 17.7 Å². The van der Waals surface area contributed by atoms with Crippen molar-refractivity contribution >= 4 is 23.3 Å². The van der Waals surface area contributed by atoms with Crippen molar-refractivity contribution < 1.29 is 14.1 Å². The molecule has 0 saturated heterocycles. The molecule has 0 aliphatic heterocycles. The summed E-state index contributed by atoms with van der Waals surface area (Å²) in [7, 11) is 0. The molecule has 24 heavy (non-hydrogen) atoms. The van der Waals surface area contributed by atoms with E-state index in [4.69, 9.17) is 22.0 Å². The normalized spacial score (nSPS) is 12.0. The number of nitrogens with zero attached hydrogens (tertiary/aromatic N) is 1. The van der Waals surface area contributed by atoms with Gasteiger partial charge in [0.05, 0.1) is 12.6 Å². The highest BCUT2D eigenvalue weighted by Crippen LogP contribution is 2.21. The van der Waals surface area contributed by atoms with Gasteiger partial charge in [0.15, 0.2) is 5.76 Å². The molecule has 0 fully saturated rings. The van der Waals surface area contributed by atoms with Crippen LogP contribution in [0.4, 0.5) is 0 Å². The Morgan fingerprint density at radius 2 is 2.04 bits per heavy atom. The molecule has 1 amide bonds. The van der Waals surface area contributed by atoms with Crippen LogP contribution in [0, 0.1) is 0 Å². The molecule has 7 nitrogen and oxygen atoms in total. The van der Waals surface area contributed by atoms with Crippen molar-refractivity contribution in [1.29, 1.82) is 0 Å². The van der Waals surface area contributed by atoms with Gasteiger partial charge < -0.3 is 9.84 Å². The van der Waals surface area contributed by atoms with Gasteiger partial charge in [0.1, 0.15) is 5.69 Å². The Kier molecular flexibility index (Phi) is 6.48. The van der Waals surface area contributed by atoms with Gasteiger partial charge in [0.25, 0.3) is 5.91 Å². The first-order valence-corrected chi connectivity index (χ1v) is 7.92. The SMILES string of the molecule is CCCC(NN)C(=O)C(=O)NCc1cc(-c2ccc(Cl)cc2)no1. The number of halogens is 1. The first-order chi connectivity index (χ1) is 11.5. The highest BCUT2D eigenvalue weighted by molar-refractivity contribution is 6.38. The van der Waals surface area contributed by atoms with Gasteiger partial charge in [-0.05, 0) is 18.6 Å². The lowest BCUT2D eigenvalue weighted by molar-refractivity contribution is -0.139. The number of aromatic nitrogens is 1. The Morgan fingerprint density at radius 1 is 1.33 bits per heavy atom. The molecule has 0 radical (unpaired) electrons. The average Bonchev–Trinajstić information content (AvgIpc) is 3.06. The zero-order valence-corrected chi connectivity index (χ0v) is 14.0. The molecule has 2 aromatic rings. The van der Waals surface area contributed by atoms with Crippen molar-refractivity contribution in [2.75, 3.05) is 0 Å². The molecule has 0 bridgehead atoms. The van der Waals surface area contributed by atoms with Gasteiger partial charge in [-0.3, -0.25) is 15.4 Å². The number of ketones is 1. The zero-order chi connectivity index (χ0) is 17.5. The molecule has 0 spiro atoms. The minimum Gasteiger partial charge on any atom is -0.359 e. The topological polar surface area (TPSA) is 110 Å². The minimum absolute atomic E-state index is 0.0641. The number of rotatable bonds is 8. The van der Waals surface area contributed by atoms with E-state index >= 15 is 0 Å². The summed E-state index contributed by atoms with van der Waals surface area (Å²) in [5.74, 6) is 4.42. The van der Waals surface area contributed by atoms with Crippen LogP contribution in [0.25, 0.3) is 11.3 Å². The van der Waals surface area contributed by atoms with Gasteiger partial charge in [-0.15, -0.1) is 0 Å². The van der Waals surface area contributed by atoms with Crippen molar-refractivity contribution in [3.63, 3.8) is 0 Å². The third kappa shape index (κ3) is 4.64. The number of nitrogens with two attached hydrogens (primary N) is 1. The number of benzene rings is 1. The number of Topliss-reactive ketones (excluding diaryl/α,β-unsaturated/α-hetero) is 1. The number of carbonyl (C=O) groups is 2. The molecular weight excluding hydrogens is 332 g/mol. The maximum Gasteiger partial charge on any atom is 0.289 e. The van der Waals surface area contributed by atoms with Crippen LogP contribution < -0.4 is 16.6 Å². The second-order valence-corrected chi connectivity index (χ2v) is 5.68. The Hall–Kier alpha value is -2.22. The summed E-state index contributed by atoms with van der Waals surface area (Å²) in [6.07, 6.45) is 1.23. The van der Waals surface area contributed by atoms with Gasteiger partial charge in [0.2, 0.25) is 5.78 Å². The number of hydrogen-bond acceptors (Lipinski definition) is 6. The highest BCUT2D eigenvalue weighted by Gasteiger charge is 2.23. The van der Waals surface area contributed by atoms with E-state index in [9.17, 15) is 9.59 Å². The average molecular weight is 351 g/mol. The molecule has 4 N–H and O–H groups in total. The standard InChI is InChI=1S/C16H19ClN4O3/c1-2-3-13(20-18)15(22)16(23)19-9-12-8-14(21-24-12)10-4-6-11(17)7-5-10/h4-8,13,20H,2-3,9,18H2,1H3,(H,19,23). The van der Waals surface area contributed by atoms with Crippen LogP contribution in [0.2, 0.25) is 5.02 Å². The van der Waals surface area contributed by atoms with E-state index in [2.05, 4.69) is 15.9 Å². The van der Waals surface area contributed by atoms with Crippen molar-refractivity contribution in [1.82, 2.24) is 15.9 Å². The third-order valence-corrected chi connectivity index (χ3v) is 3.69. The van der Waals surface area contributed by atoms with E-state index in [1.165, 1.54) is 0 Å². The number of nitrogens with one attached hydrogen (secondary N) is 2. The van der Waals surface area contributed by atoms with Crippen LogP contribution in [0.15, 0.2) is 34.9 Å². The van der Waals surface area contributed by atoms with E-state index in [0.29, 0.717) is 22.9 Å². The Bertz CT molecular complexity index is 700. The van der Waals surface area contributed by atoms with Gasteiger partial charge in [0, 0.05) is 16.7 Å². The molecule has 0 aliphatic carbocycles. The molecule has 2 rings (SSSR count). The van der Waals surface area contributed by atoms with Gasteiger partial charge in [-0.25, -0.2) is 5.43 Å². The molecule has 1 heterocycles. The van der Waals surface area contributed by atoms with Gasteiger partial charge in [-0.1, -0.05) is 42.2 Å². The van der Waals surface area contributed by atoms with E-state index in [1.807, 2.05) is 19.1 Å². The largest absolute Gasteiger partial charge is 0.359 e. The number of amides is 1. The predicted octanol–water partition coefficient (Wildman–Crippen LogP) is 1.81. The second-order valence-electron chi connectivity index (χ2n) is 5.24. The van der Waals surface area contributed by atoms with Gasteiger partial charge in [-0.2, -0.15) is 0 Å². The molecule has 8 heteroatoms. The lowest BCUT2D eigenvalue weighted by Crippen LogP contribution is -2.47. The van der Waals surface area contributed by atoms with E-state index in [-0.39, 0.29) is 6.54 Å². The molecule has 1 aromatic heterocycles. The summed E-state index contributed by atoms with van der Waals surface area (Å²) >= 11 is 5.84. The molecular formula is C16H19ClN4O3. The fourth-order valence-corrected chi connectivity index (χ4v) is 2.27. The molecule has 1 atom stereocenters. The number of carbonyl (C=O) groups excluding carboxylic acids is 2. The fourth-order valence-electron chi connectivity index (χ4n) is 2.14. The Labute approximate surface area is 144 Å². The molecule has 128 valence electrons. The first kappa shape index (κ1) is 18.1. The van der Waals surface area contributed by atoms with Crippen LogP contribution in [0.5, 0.6) is 0 Å². The first-order valence-electron chi connectivity index (χ1n) is 7.54. The summed E-state index contributed by atoms with van der Waals surface area (Å²) in [4.78, 5) is 23.8. The predicted molar refractivity (Wildman–Crippen MR) is 89.8 cm³/mol. The van der Waals surface area contributed by atoms with E-state index in [1.54, 1.807) is 18.2 Å². The molecule has 0 aliphatic rings. The summed E-state index contributed by atoms with van der Waals surface area (Å²) < 4.78 is 5.16. The minimum atomic E-state index is -0.712. The van der Waals surface area contributed by atoms with Crippen LogP contribution >= 0.6 is 11.6 Å². The van der Waals surface area contributed by atoms with Gasteiger partial charge >= 0.3 is 0 Å². The van der Waals surface area contributed by atoms with Crippen LogP contribution in [-0.2, 0) is 16.1 Å². The molecule has 1 aromatic carbocycles. The van der Waals surface area contributed by atoms with Crippen molar-refractivity contribution in [3.8, 4) is 11.3 Å². The zero-order valence-electron chi connectivity index (χ0n) is 13.2. The van der Waals surface area contributed by atoms with Crippen molar-refractivity contribution in [3.05, 3.63) is 41.1 Å². The summed E-state index contributed by atoms with van der Waals surface area (Å²) in [5.41, 5.74) is 3.82. The maximum atomic E-state index is 11.9. The second kappa shape index (κ2) is 8.58. The summed E-state index contributed by atoms with van der Waals surface area (Å²) in [6, 6.07) is 8.13. The van der Waals surface area contributed by atoms with Crippen LogP contribution in [0.3, 0.4) is 0 Å².